The molecule has 15 rings (SSSR count). The number of furan rings is 1. The highest BCUT2D eigenvalue weighted by Crippen LogP contribution is 2.61. The van der Waals surface area contributed by atoms with E-state index in [4.69, 9.17) is 4.42 Å². The number of hydrogen-bond acceptors (Lipinski definition) is 4. The van der Waals surface area contributed by atoms with Gasteiger partial charge < -0.3 is 19.0 Å². The van der Waals surface area contributed by atoms with Crippen molar-refractivity contribution in [2.75, 3.05) is 14.6 Å². The van der Waals surface area contributed by atoms with Crippen molar-refractivity contribution in [1.29, 1.82) is 0 Å². The Bertz CT molecular complexity index is 4270. The fourth-order valence-corrected chi connectivity index (χ4v) is 14.9. The van der Waals surface area contributed by atoms with Gasteiger partial charge in [-0.2, -0.15) is 0 Å². The maximum Gasteiger partial charge on any atom is 0.333 e. The standard InChI is InChI=1S/C77H70BN3O/c1-73(2,3)49-32-36-53(37-33-49)79(54-38-34-50(35-39-54)74(4,5)6)56-46-60-58-41-42-59-57-26-17-20-31-68(57)82-72(59)70(58)81(55-40-43-61-64(47-55)76(9,10)45-44-75(61,7)8)78-65-29-21-28-63-71(65)80(67(48-56)69(60)78)66-30-19-18-27-62(66)77(63,51-22-13-11-14-23-51)52-24-15-12-16-25-52/h11-43,46-48H,44-45H2,1-10H3. The quantitative estimate of drug-likeness (QED) is 0.155. The Labute approximate surface area is 484 Å². The summed E-state index contributed by atoms with van der Waals surface area (Å²) in [6.07, 6.45) is 2.27. The fraction of sp³-hybridized carbons (Fsp3) is 0.221. The molecule has 0 N–H and O–H groups in total. The highest BCUT2D eigenvalue weighted by molar-refractivity contribution is 6.94. The first kappa shape index (κ1) is 50.4. The molecule has 82 heavy (non-hydrogen) atoms. The molecule has 0 atom stereocenters. The lowest BCUT2D eigenvalue weighted by molar-refractivity contribution is 0.332. The van der Waals surface area contributed by atoms with Crippen molar-refractivity contribution >= 4 is 85.2 Å². The molecule has 0 saturated heterocycles. The van der Waals surface area contributed by atoms with E-state index in [2.05, 4.69) is 302 Å². The molecule has 11 aromatic rings. The molecule has 5 heteroatoms. The summed E-state index contributed by atoms with van der Waals surface area (Å²) in [5.74, 6) is 0. The van der Waals surface area contributed by atoms with Gasteiger partial charge in [0.1, 0.15) is 5.58 Å². The van der Waals surface area contributed by atoms with E-state index >= 15 is 0 Å². The van der Waals surface area contributed by atoms with Gasteiger partial charge in [-0.3, -0.25) is 0 Å². The highest BCUT2D eigenvalue weighted by atomic mass is 16.3. The number of rotatable bonds is 6. The molecule has 0 saturated carbocycles. The van der Waals surface area contributed by atoms with Crippen LogP contribution in [0.4, 0.5) is 45.5 Å². The summed E-state index contributed by atoms with van der Waals surface area (Å²) in [4.78, 5) is 7.87. The normalized spacial score (nSPS) is 16.0. The number of nitrogens with zero attached hydrogens (tertiary/aromatic N) is 3. The molecule has 1 aliphatic carbocycles. The zero-order valence-electron chi connectivity index (χ0n) is 49.0. The SMILES string of the molecule is CC(C)(C)c1ccc(N(c2ccc(C(C)(C)C)cc2)c2cc3c4c(c2)N2c5ccccc5C(c5ccccc5)(c5ccccc5)c5cccc(c52)B4N(c2ccc4c(c2)C(C)(C)CCC4(C)C)c2c-3ccc3c2oc2ccccc23)cc1. The Balaban J connectivity index is 1.11. The molecule has 0 radical (unpaired) electrons. The van der Waals surface area contributed by atoms with Crippen LogP contribution >= 0.6 is 0 Å². The number of para-hydroxylation sites is 3. The summed E-state index contributed by atoms with van der Waals surface area (Å²) in [5, 5.41) is 2.24. The number of benzene rings is 10. The van der Waals surface area contributed by atoms with Gasteiger partial charge in [-0.05, 0) is 162 Å². The van der Waals surface area contributed by atoms with Gasteiger partial charge in [0.2, 0.25) is 0 Å². The van der Waals surface area contributed by atoms with E-state index < -0.39 is 5.41 Å². The fourth-order valence-electron chi connectivity index (χ4n) is 14.9. The smallest absolute Gasteiger partial charge is 0.333 e. The van der Waals surface area contributed by atoms with Crippen LogP contribution < -0.4 is 25.5 Å². The molecule has 0 fully saturated rings. The van der Waals surface area contributed by atoms with Crippen LogP contribution in [-0.2, 0) is 27.1 Å². The second kappa shape index (κ2) is 17.7. The highest BCUT2D eigenvalue weighted by Gasteiger charge is 2.54. The molecule has 4 aliphatic rings. The largest absolute Gasteiger partial charge is 0.454 e. The molecular formula is C77H70BN3O. The van der Waals surface area contributed by atoms with Crippen molar-refractivity contribution in [3.8, 4) is 11.1 Å². The van der Waals surface area contributed by atoms with Crippen molar-refractivity contribution in [3.63, 3.8) is 0 Å². The minimum absolute atomic E-state index is 0.00816. The second-order valence-electron chi connectivity index (χ2n) is 27.1. The van der Waals surface area contributed by atoms with Crippen molar-refractivity contribution in [3.05, 3.63) is 263 Å². The predicted molar refractivity (Wildman–Crippen MR) is 347 cm³/mol. The Morgan fingerprint density at radius 3 is 1.68 bits per heavy atom. The van der Waals surface area contributed by atoms with E-state index in [1.807, 2.05) is 0 Å². The summed E-state index contributed by atoms with van der Waals surface area (Å²) in [6.45, 7) is 23.3. The maximum atomic E-state index is 7.34. The van der Waals surface area contributed by atoms with E-state index in [1.54, 1.807) is 0 Å². The van der Waals surface area contributed by atoms with E-state index in [0.29, 0.717) is 0 Å². The summed E-state index contributed by atoms with van der Waals surface area (Å²) in [7, 11) is 0. The van der Waals surface area contributed by atoms with Gasteiger partial charge in [0.05, 0.1) is 16.8 Å². The molecule has 0 bridgehead atoms. The molecule has 4 nitrogen and oxygen atoms in total. The minimum Gasteiger partial charge on any atom is -0.454 e. The van der Waals surface area contributed by atoms with Crippen LogP contribution in [0.1, 0.15) is 127 Å². The van der Waals surface area contributed by atoms with Crippen LogP contribution in [0.3, 0.4) is 0 Å². The average molecular weight is 1060 g/mol. The first-order chi connectivity index (χ1) is 39.4. The van der Waals surface area contributed by atoms with Crippen LogP contribution in [-0.4, -0.2) is 6.85 Å². The topological polar surface area (TPSA) is 22.9 Å². The number of anilines is 8. The number of fused-ring (bicyclic) bond motifs is 11. The molecule has 10 aromatic carbocycles. The summed E-state index contributed by atoms with van der Waals surface area (Å²) in [5.41, 5.74) is 25.6. The first-order valence-electron chi connectivity index (χ1n) is 29.7. The monoisotopic (exact) mass is 1060 g/mol. The van der Waals surface area contributed by atoms with Gasteiger partial charge >= 0.3 is 6.85 Å². The summed E-state index contributed by atoms with van der Waals surface area (Å²) < 4.78 is 7.34. The third-order valence-electron chi connectivity index (χ3n) is 19.3. The van der Waals surface area contributed by atoms with E-state index in [-0.39, 0.29) is 28.5 Å². The zero-order chi connectivity index (χ0) is 56.2. The number of hydrogen-bond donors (Lipinski definition) is 0. The Hall–Kier alpha value is -8.54. The third-order valence-corrected chi connectivity index (χ3v) is 19.3. The average Bonchev–Trinajstić information content (AvgIpc) is 2.45. The zero-order valence-corrected chi connectivity index (χ0v) is 49.0. The molecule has 402 valence electrons. The van der Waals surface area contributed by atoms with Gasteiger partial charge in [0, 0.05) is 50.5 Å². The van der Waals surface area contributed by atoms with E-state index in [0.717, 1.165) is 63.1 Å². The van der Waals surface area contributed by atoms with E-state index in [1.165, 1.54) is 83.7 Å². The van der Waals surface area contributed by atoms with Gasteiger partial charge in [-0.1, -0.05) is 221 Å². The maximum absolute atomic E-state index is 7.34. The minimum atomic E-state index is -0.667. The van der Waals surface area contributed by atoms with Gasteiger partial charge in [0.15, 0.2) is 5.58 Å². The molecule has 1 aromatic heterocycles. The van der Waals surface area contributed by atoms with E-state index in [9.17, 15) is 0 Å². The second-order valence-corrected chi connectivity index (χ2v) is 27.1. The van der Waals surface area contributed by atoms with Gasteiger partial charge in [0.25, 0.3) is 0 Å². The molecule has 0 unspecified atom stereocenters. The van der Waals surface area contributed by atoms with Crippen LogP contribution in [0.5, 0.6) is 0 Å². The third kappa shape index (κ3) is 7.30. The van der Waals surface area contributed by atoms with Crippen LogP contribution in [0, 0.1) is 0 Å². The lowest BCUT2D eigenvalue weighted by Crippen LogP contribution is -2.63. The van der Waals surface area contributed by atoms with Crippen LogP contribution in [0.25, 0.3) is 33.1 Å². The lowest BCUT2D eigenvalue weighted by atomic mass is 9.42. The molecular weight excluding hydrogens is 994 g/mol. The molecule has 0 amide bonds. The Morgan fingerprint density at radius 1 is 0.451 bits per heavy atom. The van der Waals surface area contributed by atoms with Crippen LogP contribution in [0.2, 0.25) is 0 Å². The van der Waals surface area contributed by atoms with Crippen molar-refractivity contribution < 1.29 is 4.42 Å². The van der Waals surface area contributed by atoms with Crippen molar-refractivity contribution in [2.24, 2.45) is 0 Å². The predicted octanol–water partition coefficient (Wildman–Crippen LogP) is 19.4. The van der Waals surface area contributed by atoms with Crippen molar-refractivity contribution in [2.45, 2.75) is 109 Å². The Kier molecular flexibility index (Phi) is 10.9. The summed E-state index contributed by atoms with van der Waals surface area (Å²) in [6, 6.07) is 83.5. The lowest BCUT2D eigenvalue weighted by Gasteiger charge is -2.52. The van der Waals surface area contributed by atoms with Crippen LogP contribution in [0.15, 0.2) is 223 Å². The molecule has 4 heterocycles. The van der Waals surface area contributed by atoms with Gasteiger partial charge in [-0.25, -0.2) is 0 Å². The molecule has 0 spiro atoms. The summed E-state index contributed by atoms with van der Waals surface area (Å²) >= 11 is 0. The first-order valence-corrected chi connectivity index (χ1v) is 29.7. The Morgan fingerprint density at radius 2 is 1.04 bits per heavy atom. The molecule has 3 aliphatic heterocycles. The van der Waals surface area contributed by atoms with Crippen molar-refractivity contribution in [1.82, 2.24) is 0 Å². The van der Waals surface area contributed by atoms with Gasteiger partial charge in [-0.15, -0.1) is 0 Å².